The molecule has 1 aromatic heterocycles. The van der Waals surface area contributed by atoms with Crippen molar-refractivity contribution >= 4 is 40.7 Å². The number of aliphatic imine (C=N–C) groups is 1. The molecule has 1 N–H and O–H groups in total. The number of fused-ring (bicyclic) bond motifs is 1. The van der Waals surface area contributed by atoms with Gasteiger partial charge in [-0.25, -0.2) is 0 Å². The van der Waals surface area contributed by atoms with Crippen LogP contribution in [0.4, 0.5) is 0 Å². The van der Waals surface area contributed by atoms with Crippen molar-refractivity contribution in [2.75, 3.05) is 20.1 Å². The van der Waals surface area contributed by atoms with Gasteiger partial charge < -0.3 is 10.2 Å². The first-order chi connectivity index (χ1) is 12.8. The average Bonchev–Trinajstić information content (AvgIpc) is 3.19. The molecule has 0 aliphatic carbocycles. The quantitative estimate of drug-likeness (QED) is 0.349. The molecule has 1 fully saturated rings. The van der Waals surface area contributed by atoms with Crippen molar-refractivity contribution in [1.29, 1.82) is 0 Å². The number of hydrogen-bond donors (Lipinski definition) is 1. The van der Waals surface area contributed by atoms with Gasteiger partial charge >= 0.3 is 0 Å². The van der Waals surface area contributed by atoms with E-state index >= 15 is 0 Å². The van der Waals surface area contributed by atoms with Crippen LogP contribution >= 0.6 is 24.0 Å². The van der Waals surface area contributed by atoms with Gasteiger partial charge in [0.25, 0.3) is 0 Å². The lowest BCUT2D eigenvalue weighted by Crippen LogP contribution is -2.39. The predicted octanol–water partition coefficient (Wildman–Crippen LogP) is 4.42. The van der Waals surface area contributed by atoms with Crippen molar-refractivity contribution in [3.05, 3.63) is 78.1 Å². The number of pyridine rings is 1. The number of halogens is 1. The number of rotatable bonds is 3. The summed E-state index contributed by atoms with van der Waals surface area (Å²) in [5.74, 6) is 1.53. The van der Waals surface area contributed by atoms with Crippen LogP contribution in [0.1, 0.15) is 23.6 Å². The lowest BCUT2D eigenvalue weighted by molar-refractivity contribution is 0.485. The fourth-order valence-electron chi connectivity index (χ4n) is 3.77. The minimum atomic E-state index is 0. The number of likely N-dealkylation sites (tertiary alicyclic amines) is 1. The molecule has 4 rings (SSSR count). The van der Waals surface area contributed by atoms with E-state index in [0.29, 0.717) is 12.5 Å². The van der Waals surface area contributed by atoms with Gasteiger partial charge in [-0.3, -0.25) is 9.98 Å². The van der Waals surface area contributed by atoms with Gasteiger partial charge in [0.1, 0.15) is 0 Å². The van der Waals surface area contributed by atoms with Crippen molar-refractivity contribution in [3.63, 3.8) is 0 Å². The molecule has 0 amide bonds. The number of nitrogens with zero attached hydrogens (tertiary/aromatic N) is 3. The summed E-state index contributed by atoms with van der Waals surface area (Å²) in [5.41, 5.74) is 2.48. The second-order valence-corrected chi connectivity index (χ2v) is 6.72. The summed E-state index contributed by atoms with van der Waals surface area (Å²) in [7, 11) is 1.86. The summed E-state index contributed by atoms with van der Waals surface area (Å²) >= 11 is 0. The molecule has 0 radical (unpaired) electrons. The molecule has 4 nitrogen and oxygen atoms in total. The maximum atomic E-state index is 4.57. The third-order valence-corrected chi connectivity index (χ3v) is 5.14. The molecule has 0 bridgehead atoms. The highest BCUT2D eigenvalue weighted by molar-refractivity contribution is 14.0. The second kappa shape index (κ2) is 9.17. The summed E-state index contributed by atoms with van der Waals surface area (Å²) in [6, 6.07) is 21.2. The summed E-state index contributed by atoms with van der Waals surface area (Å²) in [5, 5.41) is 5.92. The normalized spacial score (nSPS) is 17.0. The van der Waals surface area contributed by atoms with Crippen LogP contribution in [0.2, 0.25) is 0 Å². The highest BCUT2D eigenvalue weighted by Crippen LogP contribution is 2.27. The molecule has 27 heavy (non-hydrogen) atoms. The first-order valence-electron chi connectivity index (χ1n) is 9.18. The third-order valence-electron chi connectivity index (χ3n) is 5.14. The number of aromatic nitrogens is 1. The highest BCUT2D eigenvalue weighted by atomic mass is 127. The van der Waals surface area contributed by atoms with E-state index in [1.54, 1.807) is 0 Å². The van der Waals surface area contributed by atoms with Crippen molar-refractivity contribution < 1.29 is 0 Å². The minimum absolute atomic E-state index is 0. The van der Waals surface area contributed by atoms with Crippen LogP contribution in [0.15, 0.2) is 71.9 Å². The lowest BCUT2D eigenvalue weighted by Gasteiger charge is -2.22. The topological polar surface area (TPSA) is 40.5 Å². The van der Waals surface area contributed by atoms with Crippen LogP contribution in [-0.2, 0) is 6.54 Å². The Morgan fingerprint density at radius 2 is 1.89 bits per heavy atom. The second-order valence-electron chi connectivity index (χ2n) is 6.72. The van der Waals surface area contributed by atoms with Gasteiger partial charge in [0.05, 0.1) is 12.2 Å². The zero-order chi connectivity index (χ0) is 17.8. The molecule has 140 valence electrons. The van der Waals surface area contributed by atoms with Crippen LogP contribution in [0.25, 0.3) is 10.8 Å². The van der Waals surface area contributed by atoms with Gasteiger partial charge in [-0.05, 0) is 23.4 Å². The van der Waals surface area contributed by atoms with Crippen molar-refractivity contribution in [2.24, 2.45) is 4.99 Å². The number of guanidine groups is 1. The molecular weight excluding hydrogens is 447 g/mol. The zero-order valence-electron chi connectivity index (χ0n) is 15.5. The largest absolute Gasteiger partial charge is 0.351 e. The van der Waals surface area contributed by atoms with Crippen LogP contribution in [-0.4, -0.2) is 36.0 Å². The standard InChI is InChI=1S/C22H24N4.HI/c1-23-22(26-14-12-19(16-26)17-7-3-2-4-8-17)25-15-21-20-10-6-5-9-18(20)11-13-24-21;/h2-11,13,19H,12,14-16H2,1H3,(H,23,25);1H. The molecule has 2 heterocycles. The first-order valence-corrected chi connectivity index (χ1v) is 9.18. The number of benzene rings is 2. The molecule has 1 unspecified atom stereocenters. The Bertz CT molecular complexity index is 905. The zero-order valence-corrected chi connectivity index (χ0v) is 17.8. The summed E-state index contributed by atoms with van der Waals surface area (Å²) < 4.78 is 0. The summed E-state index contributed by atoms with van der Waals surface area (Å²) in [6.45, 7) is 2.72. The van der Waals surface area contributed by atoms with E-state index in [1.807, 2.05) is 13.2 Å². The van der Waals surface area contributed by atoms with Crippen LogP contribution in [0, 0.1) is 0 Å². The molecule has 3 aromatic rings. The number of hydrogen-bond acceptors (Lipinski definition) is 2. The SMILES string of the molecule is CN=C(NCc1nccc2ccccc12)N1CCC(c2ccccc2)C1.I. The van der Waals surface area contributed by atoms with E-state index in [9.17, 15) is 0 Å². The lowest BCUT2D eigenvalue weighted by atomic mass is 9.99. The third kappa shape index (κ3) is 4.40. The van der Waals surface area contributed by atoms with Crippen LogP contribution in [0.5, 0.6) is 0 Å². The van der Waals surface area contributed by atoms with Crippen molar-refractivity contribution in [2.45, 2.75) is 18.9 Å². The summed E-state index contributed by atoms with van der Waals surface area (Å²) in [6.07, 6.45) is 3.04. The highest BCUT2D eigenvalue weighted by Gasteiger charge is 2.25. The van der Waals surface area contributed by atoms with Gasteiger partial charge in [-0.15, -0.1) is 24.0 Å². The molecule has 5 heteroatoms. The van der Waals surface area contributed by atoms with Gasteiger partial charge in [-0.2, -0.15) is 0 Å². The van der Waals surface area contributed by atoms with Crippen LogP contribution < -0.4 is 5.32 Å². The average molecular weight is 472 g/mol. The molecule has 1 aliphatic heterocycles. The van der Waals surface area contributed by atoms with Crippen molar-refractivity contribution in [1.82, 2.24) is 15.2 Å². The Balaban J connectivity index is 0.00000210. The fourth-order valence-corrected chi connectivity index (χ4v) is 3.77. The van der Waals surface area contributed by atoms with E-state index in [-0.39, 0.29) is 24.0 Å². The molecule has 1 saturated heterocycles. The Hall–Kier alpha value is -2.15. The number of nitrogens with one attached hydrogen (secondary N) is 1. The summed E-state index contributed by atoms with van der Waals surface area (Å²) in [4.78, 5) is 11.4. The molecule has 1 aliphatic rings. The molecular formula is C22H25IN4. The Morgan fingerprint density at radius 1 is 1.11 bits per heavy atom. The van der Waals surface area contributed by atoms with E-state index in [4.69, 9.17) is 0 Å². The van der Waals surface area contributed by atoms with E-state index in [1.165, 1.54) is 16.3 Å². The molecule has 0 spiro atoms. The maximum Gasteiger partial charge on any atom is 0.193 e. The van der Waals surface area contributed by atoms with Gasteiger partial charge in [0.2, 0.25) is 0 Å². The Labute approximate surface area is 177 Å². The van der Waals surface area contributed by atoms with Gasteiger partial charge in [-0.1, -0.05) is 54.6 Å². The van der Waals surface area contributed by atoms with Crippen LogP contribution in [0.3, 0.4) is 0 Å². The van der Waals surface area contributed by atoms with Crippen molar-refractivity contribution in [3.8, 4) is 0 Å². The predicted molar refractivity (Wildman–Crippen MR) is 123 cm³/mol. The molecule has 2 aromatic carbocycles. The Kier molecular flexibility index (Phi) is 6.66. The molecule has 1 atom stereocenters. The smallest absolute Gasteiger partial charge is 0.193 e. The van der Waals surface area contributed by atoms with E-state index in [2.05, 4.69) is 80.9 Å². The van der Waals surface area contributed by atoms with Gasteiger partial charge in [0, 0.05) is 37.6 Å². The fraction of sp³-hybridized carbons (Fsp3) is 0.273. The molecule has 0 saturated carbocycles. The maximum absolute atomic E-state index is 4.57. The monoisotopic (exact) mass is 472 g/mol. The Morgan fingerprint density at radius 3 is 2.70 bits per heavy atom. The van der Waals surface area contributed by atoms with Gasteiger partial charge in [0.15, 0.2) is 5.96 Å². The van der Waals surface area contributed by atoms with E-state index in [0.717, 1.165) is 31.2 Å². The minimum Gasteiger partial charge on any atom is -0.351 e. The van der Waals surface area contributed by atoms with E-state index < -0.39 is 0 Å². The first kappa shape index (κ1) is 19.6.